The van der Waals surface area contributed by atoms with Crippen molar-refractivity contribution in [2.75, 3.05) is 13.1 Å². The molecule has 0 heterocycles. The molecule has 92 valence electrons. The minimum Gasteiger partial charge on any atom is -0.481 e. The number of hydrogen-bond donors (Lipinski definition) is 2. The van der Waals surface area contributed by atoms with E-state index < -0.39 is 17.3 Å². The Morgan fingerprint density at radius 2 is 1.81 bits per heavy atom. The van der Waals surface area contributed by atoms with Crippen molar-refractivity contribution in [3.8, 4) is 0 Å². The summed E-state index contributed by atoms with van der Waals surface area (Å²) in [6.07, 6.45) is -0.149. The Morgan fingerprint density at radius 1 is 1.31 bits per heavy atom. The van der Waals surface area contributed by atoms with Crippen molar-refractivity contribution in [1.82, 2.24) is 4.90 Å². The lowest BCUT2D eigenvalue weighted by atomic mass is 9.89. The highest BCUT2D eigenvalue weighted by Gasteiger charge is 2.32. The standard InChI is InChI=1S/C10H18N2O4/c1-4-12(6-7(11)13)8(14)5-10(2,3)9(15)16/h4-6H2,1-3H3,(H2,11,13)(H,15,16). The predicted octanol–water partition coefficient (Wildman–Crippen LogP) is -0.179. The Hall–Kier alpha value is -1.59. The average Bonchev–Trinajstić information content (AvgIpc) is 2.12. The van der Waals surface area contributed by atoms with Gasteiger partial charge in [0.15, 0.2) is 0 Å². The van der Waals surface area contributed by atoms with Crippen molar-refractivity contribution in [1.29, 1.82) is 0 Å². The van der Waals surface area contributed by atoms with E-state index in [2.05, 4.69) is 0 Å². The fraction of sp³-hybridized carbons (Fsp3) is 0.700. The molecule has 0 atom stereocenters. The number of amides is 2. The monoisotopic (exact) mass is 230 g/mol. The number of carboxylic acid groups (broad SMARTS) is 1. The number of rotatable bonds is 6. The van der Waals surface area contributed by atoms with Crippen LogP contribution in [0, 0.1) is 5.41 Å². The first-order valence-corrected chi connectivity index (χ1v) is 5.00. The molecule has 0 unspecified atom stereocenters. The van der Waals surface area contributed by atoms with Gasteiger partial charge in [0.1, 0.15) is 0 Å². The fourth-order valence-corrected chi connectivity index (χ4v) is 1.13. The molecule has 0 aliphatic heterocycles. The maximum Gasteiger partial charge on any atom is 0.309 e. The second-order valence-electron chi connectivity index (χ2n) is 4.24. The van der Waals surface area contributed by atoms with Crippen LogP contribution in [0.3, 0.4) is 0 Å². The first-order chi connectivity index (χ1) is 7.20. The van der Waals surface area contributed by atoms with Crippen molar-refractivity contribution in [2.24, 2.45) is 11.1 Å². The lowest BCUT2D eigenvalue weighted by Gasteiger charge is -2.24. The Bertz CT molecular complexity index is 299. The third-order valence-corrected chi connectivity index (χ3v) is 2.25. The first-order valence-electron chi connectivity index (χ1n) is 5.00. The van der Waals surface area contributed by atoms with Gasteiger partial charge in [-0.05, 0) is 20.8 Å². The molecule has 0 aromatic rings. The number of carbonyl (C=O) groups excluding carboxylic acids is 2. The van der Waals surface area contributed by atoms with Gasteiger partial charge in [0.2, 0.25) is 11.8 Å². The molecule has 0 aliphatic rings. The second kappa shape index (κ2) is 5.48. The molecule has 2 amide bonds. The Labute approximate surface area is 94.4 Å². The molecule has 6 nitrogen and oxygen atoms in total. The number of carbonyl (C=O) groups is 3. The Kier molecular flexibility index (Phi) is 4.94. The zero-order chi connectivity index (χ0) is 12.9. The smallest absolute Gasteiger partial charge is 0.309 e. The van der Waals surface area contributed by atoms with Crippen LogP contribution in [0.5, 0.6) is 0 Å². The summed E-state index contributed by atoms with van der Waals surface area (Å²) in [5.74, 6) is -2.03. The van der Waals surface area contributed by atoms with Gasteiger partial charge in [0, 0.05) is 13.0 Å². The van der Waals surface area contributed by atoms with Gasteiger partial charge in [-0.25, -0.2) is 0 Å². The summed E-state index contributed by atoms with van der Waals surface area (Å²) in [6, 6.07) is 0. The quantitative estimate of drug-likeness (QED) is 0.661. The zero-order valence-corrected chi connectivity index (χ0v) is 9.82. The molecular weight excluding hydrogens is 212 g/mol. The van der Waals surface area contributed by atoms with Gasteiger partial charge in [-0.1, -0.05) is 0 Å². The molecule has 0 rings (SSSR count). The van der Waals surface area contributed by atoms with Crippen LogP contribution in [-0.4, -0.2) is 40.9 Å². The van der Waals surface area contributed by atoms with Crippen LogP contribution in [0.25, 0.3) is 0 Å². The van der Waals surface area contributed by atoms with Crippen molar-refractivity contribution < 1.29 is 19.5 Å². The largest absolute Gasteiger partial charge is 0.481 e. The summed E-state index contributed by atoms with van der Waals surface area (Å²) in [6.45, 7) is 4.79. The van der Waals surface area contributed by atoms with E-state index >= 15 is 0 Å². The summed E-state index contributed by atoms with van der Waals surface area (Å²) in [5.41, 5.74) is 3.84. The maximum atomic E-state index is 11.7. The highest BCUT2D eigenvalue weighted by Crippen LogP contribution is 2.21. The van der Waals surface area contributed by atoms with Gasteiger partial charge in [0.25, 0.3) is 0 Å². The molecular formula is C10H18N2O4. The van der Waals surface area contributed by atoms with Crippen LogP contribution >= 0.6 is 0 Å². The minimum atomic E-state index is -1.14. The number of nitrogens with two attached hydrogens (primary N) is 1. The number of aliphatic carboxylic acids is 1. The lowest BCUT2D eigenvalue weighted by Crippen LogP contribution is -2.41. The summed E-state index contributed by atoms with van der Waals surface area (Å²) in [5, 5.41) is 8.86. The number of likely N-dealkylation sites (N-methyl/N-ethyl adjacent to an activating group) is 1. The van der Waals surface area contributed by atoms with Gasteiger partial charge >= 0.3 is 5.97 Å². The van der Waals surface area contributed by atoms with E-state index in [0.717, 1.165) is 0 Å². The van der Waals surface area contributed by atoms with E-state index in [0.29, 0.717) is 6.54 Å². The normalized spacial score (nSPS) is 10.9. The fourth-order valence-electron chi connectivity index (χ4n) is 1.13. The summed E-state index contributed by atoms with van der Waals surface area (Å²) in [4.78, 5) is 34.4. The topological polar surface area (TPSA) is 101 Å². The van der Waals surface area contributed by atoms with Gasteiger partial charge in [-0.3, -0.25) is 14.4 Å². The minimum absolute atomic E-state index is 0.149. The van der Waals surface area contributed by atoms with Crippen molar-refractivity contribution in [3.63, 3.8) is 0 Å². The van der Waals surface area contributed by atoms with Crippen LogP contribution in [0.15, 0.2) is 0 Å². The molecule has 0 bridgehead atoms. The van der Waals surface area contributed by atoms with Crippen LogP contribution in [0.2, 0.25) is 0 Å². The molecule has 0 aromatic heterocycles. The first kappa shape index (κ1) is 14.4. The number of hydrogen-bond acceptors (Lipinski definition) is 3. The molecule has 0 fully saturated rings. The number of primary amides is 1. The molecule has 0 aromatic carbocycles. The molecule has 0 saturated carbocycles. The molecule has 0 spiro atoms. The Balaban J connectivity index is 4.54. The zero-order valence-electron chi connectivity index (χ0n) is 9.82. The van der Waals surface area contributed by atoms with E-state index in [-0.39, 0.29) is 18.9 Å². The summed E-state index contributed by atoms with van der Waals surface area (Å²) >= 11 is 0. The van der Waals surface area contributed by atoms with Crippen molar-refractivity contribution in [3.05, 3.63) is 0 Å². The highest BCUT2D eigenvalue weighted by molar-refractivity contribution is 5.87. The van der Waals surface area contributed by atoms with Crippen LogP contribution in [0.1, 0.15) is 27.2 Å². The van der Waals surface area contributed by atoms with Crippen LogP contribution < -0.4 is 5.73 Å². The highest BCUT2D eigenvalue weighted by atomic mass is 16.4. The average molecular weight is 230 g/mol. The predicted molar refractivity (Wildman–Crippen MR) is 57.5 cm³/mol. The van der Waals surface area contributed by atoms with E-state index in [9.17, 15) is 14.4 Å². The summed E-state index contributed by atoms with van der Waals surface area (Å²) < 4.78 is 0. The van der Waals surface area contributed by atoms with E-state index in [1.54, 1.807) is 6.92 Å². The molecule has 3 N–H and O–H groups in total. The van der Waals surface area contributed by atoms with Gasteiger partial charge in [-0.15, -0.1) is 0 Å². The van der Waals surface area contributed by atoms with E-state index in [4.69, 9.17) is 10.8 Å². The van der Waals surface area contributed by atoms with Gasteiger partial charge < -0.3 is 15.7 Å². The van der Waals surface area contributed by atoms with Gasteiger partial charge in [-0.2, -0.15) is 0 Å². The third kappa shape index (κ3) is 4.29. The van der Waals surface area contributed by atoms with Crippen molar-refractivity contribution in [2.45, 2.75) is 27.2 Å². The second-order valence-corrected chi connectivity index (χ2v) is 4.24. The van der Waals surface area contributed by atoms with Crippen molar-refractivity contribution >= 4 is 17.8 Å². The molecule has 0 radical (unpaired) electrons. The molecule has 16 heavy (non-hydrogen) atoms. The number of carboxylic acids is 1. The molecule has 0 saturated heterocycles. The van der Waals surface area contributed by atoms with E-state index in [1.807, 2.05) is 0 Å². The third-order valence-electron chi connectivity index (χ3n) is 2.25. The Morgan fingerprint density at radius 3 is 2.12 bits per heavy atom. The SMILES string of the molecule is CCN(CC(N)=O)C(=O)CC(C)(C)C(=O)O. The van der Waals surface area contributed by atoms with Gasteiger partial charge in [0.05, 0.1) is 12.0 Å². The van der Waals surface area contributed by atoms with E-state index in [1.165, 1.54) is 18.7 Å². The lowest BCUT2D eigenvalue weighted by molar-refractivity contribution is -0.151. The summed E-state index contributed by atoms with van der Waals surface area (Å²) in [7, 11) is 0. The molecule has 0 aliphatic carbocycles. The molecule has 6 heteroatoms. The maximum absolute atomic E-state index is 11.7. The van der Waals surface area contributed by atoms with Crippen LogP contribution in [0.4, 0.5) is 0 Å². The van der Waals surface area contributed by atoms with Crippen LogP contribution in [-0.2, 0) is 14.4 Å². The number of nitrogens with zero attached hydrogens (tertiary/aromatic N) is 1.